The van der Waals surface area contributed by atoms with E-state index in [0.717, 1.165) is 6.07 Å². The topological polar surface area (TPSA) is 78.4 Å². The van der Waals surface area contributed by atoms with Crippen LogP contribution < -0.4 is 10.6 Å². The van der Waals surface area contributed by atoms with Crippen molar-refractivity contribution in [1.82, 2.24) is 10.6 Å². The van der Waals surface area contributed by atoms with E-state index in [4.69, 9.17) is 0 Å². The average Bonchev–Trinajstić information content (AvgIpc) is 2.36. The van der Waals surface area contributed by atoms with Crippen LogP contribution in [0.2, 0.25) is 0 Å². The molecule has 0 heterocycles. The molecule has 1 aromatic carbocycles. The fraction of sp³-hybridized carbons (Fsp3) is 0.429. The highest BCUT2D eigenvalue weighted by Crippen LogP contribution is 2.23. The Bertz CT molecular complexity index is 524. The van der Waals surface area contributed by atoms with E-state index in [1.165, 1.54) is 19.2 Å². The number of likely N-dealkylation sites (N-methyl/N-ethyl adjacent to an activating group) is 1. The fourth-order valence-electron chi connectivity index (χ4n) is 1.73. The van der Waals surface area contributed by atoms with Gasteiger partial charge in [0.25, 0.3) is 5.91 Å². The molecule has 0 aliphatic rings. The first-order valence-corrected chi connectivity index (χ1v) is 6.18. The van der Waals surface area contributed by atoms with Crippen molar-refractivity contribution in [3.8, 4) is 5.75 Å². The van der Waals surface area contributed by atoms with E-state index in [-0.39, 0.29) is 11.5 Å². The van der Waals surface area contributed by atoms with Crippen molar-refractivity contribution >= 4 is 11.8 Å². The molecular formula is C14H19FN2O3. The minimum absolute atomic E-state index is 0.205. The van der Waals surface area contributed by atoms with Crippen LogP contribution >= 0.6 is 0 Å². The van der Waals surface area contributed by atoms with Gasteiger partial charge >= 0.3 is 0 Å². The second kappa shape index (κ2) is 5.90. The number of aromatic hydroxyl groups is 1. The molecule has 110 valence electrons. The molecule has 0 saturated carbocycles. The summed E-state index contributed by atoms with van der Waals surface area (Å²) in [4.78, 5) is 23.9. The van der Waals surface area contributed by atoms with Crippen molar-refractivity contribution in [3.05, 3.63) is 29.6 Å². The Labute approximate surface area is 117 Å². The Morgan fingerprint density at radius 2 is 1.90 bits per heavy atom. The van der Waals surface area contributed by atoms with Gasteiger partial charge in [0.2, 0.25) is 5.91 Å². The Balaban J connectivity index is 3.03. The molecule has 3 N–H and O–H groups in total. The molecule has 2 amide bonds. The predicted octanol–water partition coefficient (Wildman–Crippen LogP) is 1.42. The summed E-state index contributed by atoms with van der Waals surface area (Å²) in [5, 5.41) is 14.5. The van der Waals surface area contributed by atoms with Gasteiger partial charge in [0, 0.05) is 7.05 Å². The summed E-state index contributed by atoms with van der Waals surface area (Å²) >= 11 is 0. The van der Waals surface area contributed by atoms with Crippen LogP contribution in [-0.4, -0.2) is 30.0 Å². The smallest absolute Gasteiger partial charge is 0.255 e. The summed E-state index contributed by atoms with van der Waals surface area (Å²) in [6.45, 7) is 5.37. The van der Waals surface area contributed by atoms with Gasteiger partial charge in [0.15, 0.2) is 11.6 Å². The molecule has 1 rings (SSSR count). The second-order valence-corrected chi connectivity index (χ2v) is 5.52. The third-order valence-corrected chi connectivity index (χ3v) is 2.88. The normalized spacial score (nSPS) is 12.7. The van der Waals surface area contributed by atoms with Crippen LogP contribution in [0.5, 0.6) is 5.75 Å². The van der Waals surface area contributed by atoms with Crippen molar-refractivity contribution in [1.29, 1.82) is 0 Å². The number of amides is 2. The highest BCUT2D eigenvalue weighted by Gasteiger charge is 2.32. The number of halogens is 1. The number of nitrogens with one attached hydrogen (secondary N) is 2. The van der Waals surface area contributed by atoms with Crippen LogP contribution in [0, 0.1) is 11.2 Å². The molecule has 0 aliphatic carbocycles. The highest BCUT2D eigenvalue weighted by molar-refractivity contribution is 5.99. The maximum absolute atomic E-state index is 13.2. The van der Waals surface area contributed by atoms with E-state index in [0.29, 0.717) is 0 Å². The monoisotopic (exact) mass is 282 g/mol. The van der Waals surface area contributed by atoms with Gasteiger partial charge in [-0.3, -0.25) is 9.59 Å². The van der Waals surface area contributed by atoms with Gasteiger partial charge in [0.1, 0.15) is 6.04 Å². The van der Waals surface area contributed by atoms with E-state index in [1.54, 1.807) is 20.8 Å². The average molecular weight is 282 g/mol. The van der Waals surface area contributed by atoms with Crippen molar-refractivity contribution in [3.63, 3.8) is 0 Å². The predicted molar refractivity (Wildman–Crippen MR) is 72.8 cm³/mol. The molecule has 0 aromatic heterocycles. The van der Waals surface area contributed by atoms with Gasteiger partial charge in [0.05, 0.1) is 5.56 Å². The van der Waals surface area contributed by atoms with Gasteiger partial charge in [-0.2, -0.15) is 0 Å². The van der Waals surface area contributed by atoms with Gasteiger partial charge in [-0.25, -0.2) is 4.39 Å². The van der Waals surface area contributed by atoms with Gasteiger partial charge in [-0.15, -0.1) is 0 Å². The molecule has 6 heteroatoms. The third-order valence-electron chi connectivity index (χ3n) is 2.88. The fourth-order valence-corrected chi connectivity index (χ4v) is 1.73. The lowest BCUT2D eigenvalue weighted by Gasteiger charge is -2.29. The molecular weight excluding hydrogens is 263 g/mol. The maximum Gasteiger partial charge on any atom is 0.255 e. The van der Waals surface area contributed by atoms with Crippen LogP contribution in [0.25, 0.3) is 0 Å². The lowest BCUT2D eigenvalue weighted by molar-refractivity contribution is -0.124. The van der Waals surface area contributed by atoms with Crippen LogP contribution in [0.4, 0.5) is 4.39 Å². The number of phenols is 1. The van der Waals surface area contributed by atoms with Crippen LogP contribution in [0.3, 0.4) is 0 Å². The van der Waals surface area contributed by atoms with E-state index in [2.05, 4.69) is 10.6 Å². The van der Waals surface area contributed by atoms with Crippen LogP contribution in [-0.2, 0) is 4.79 Å². The summed E-state index contributed by atoms with van der Waals surface area (Å²) < 4.78 is 13.2. The number of carbonyl (C=O) groups excluding carboxylic acids is 2. The van der Waals surface area contributed by atoms with Crippen LogP contribution in [0.15, 0.2) is 18.2 Å². The summed E-state index contributed by atoms with van der Waals surface area (Å²) in [6, 6.07) is 2.85. The molecule has 0 unspecified atom stereocenters. The Morgan fingerprint density at radius 3 is 2.40 bits per heavy atom. The second-order valence-electron chi connectivity index (χ2n) is 5.52. The molecule has 0 spiro atoms. The molecule has 1 atom stereocenters. The lowest BCUT2D eigenvalue weighted by atomic mass is 9.86. The van der Waals surface area contributed by atoms with E-state index >= 15 is 0 Å². The Hall–Kier alpha value is -2.11. The van der Waals surface area contributed by atoms with E-state index < -0.39 is 28.9 Å². The Morgan fingerprint density at radius 1 is 1.30 bits per heavy atom. The zero-order chi connectivity index (χ0) is 15.5. The standard InChI is InChI=1S/C14H19FN2O3/c1-14(2,3)11(13(20)16-4)17-12(19)8-6-5-7-9(15)10(8)18/h5-7,11,18H,1-4H3,(H,16,20)(H,17,19)/t11-/m1/s1. The molecule has 20 heavy (non-hydrogen) atoms. The number of phenolic OH excluding ortho intramolecular Hbond substituents is 1. The number of benzene rings is 1. The lowest BCUT2D eigenvalue weighted by Crippen LogP contribution is -2.52. The summed E-state index contributed by atoms with van der Waals surface area (Å²) in [6.07, 6.45) is 0. The minimum atomic E-state index is -0.884. The van der Waals surface area contributed by atoms with Gasteiger partial charge < -0.3 is 15.7 Å². The number of para-hydroxylation sites is 1. The van der Waals surface area contributed by atoms with Gasteiger partial charge in [-0.1, -0.05) is 26.8 Å². The van der Waals surface area contributed by atoms with E-state index in [9.17, 15) is 19.1 Å². The number of rotatable bonds is 3. The number of hydrogen-bond donors (Lipinski definition) is 3. The first kappa shape index (κ1) is 15.9. The Kier molecular flexibility index (Phi) is 4.70. The minimum Gasteiger partial charge on any atom is -0.504 e. The maximum atomic E-state index is 13.2. The SMILES string of the molecule is CNC(=O)[C@@H](NC(=O)c1cccc(F)c1O)C(C)(C)C. The molecule has 0 bridgehead atoms. The molecule has 5 nitrogen and oxygen atoms in total. The van der Waals surface area contributed by atoms with Gasteiger partial charge in [-0.05, 0) is 17.5 Å². The number of carbonyl (C=O) groups is 2. The first-order chi connectivity index (χ1) is 9.18. The third kappa shape index (κ3) is 3.46. The molecule has 1 aromatic rings. The quantitative estimate of drug-likeness (QED) is 0.784. The zero-order valence-electron chi connectivity index (χ0n) is 12.0. The zero-order valence-corrected chi connectivity index (χ0v) is 12.0. The van der Waals surface area contributed by atoms with Crippen molar-refractivity contribution < 1.29 is 19.1 Å². The molecule has 0 saturated heterocycles. The van der Waals surface area contributed by atoms with Crippen LogP contribution in [0.1, 0.15) is 31.1 Å². The van der Waals surface area contributed by atoms with Crippen molar-refractivity contribution in [2.45, 2.75) is 26.8 Å². The summed E-state index contributed by atoms with van der Waals surface area (Å²) in [5.74, 6) is -2.67. The summed E-state index contributed by atoms with van der Waals surface area (Å²) in [7, 11) is 1.47. The van der Waals surface area contributed by atoms with E-state index in [1.807, 2.05) is 0 Å². The van der Waals surface area contributed by atoms with Crippen molar-refractivity contribution in [2.24, 2.45) is 5.41 Å². The molecule has 0 aliphatic heterocycles. The first-order valence-electron chi connectivity index (χ1n) is 6.18. The number of hydrogen-bond acceptors (Lipinski definition) is 3. The largest absolute Gasteiger partial charge is 0.504 e. The molecule has 0 fully saturated rings. The molecule has 0 radical (unpaired) electrons. The van der Waals surface area contributed by atoms with Crippen molar-refractivity contribution in [2.75, 3.05) is 7.05 Å². The highest BCUT2D eigenvalue weighted by atomic mass is 19.1. The summed E-state index contributed by atoms with van der Waals surface area (Å²) in [5.41, 5.74) is -0.734.